The van der Waals surface area contributed by atoms with Crippen molar-refractivity contribution in [1.82, 2.24) is 4.90 Å². The number of nitrogens with zero attached hydrogens (tertiary/aromatic N) is 1. The number of hydrogen-bond acceptors (Lipinski definition) is 2. The van der Waals surface area contributed by atoms with Crippen LogP contribution in [0.4, 0.5) is 0 Å². The van der Waals surface area contributed by atoms with Gasteiger partial charge in [-0.05, 0) is 44.2 Å². The minimum Gasteiger partial charge on any atom is -0.329 e. The summed E-state index contributed by atoms with van der Waals surface area (Å²) in [6, 6.07) is 0.650. The summed E-state index contributed by atoms with van der Waals surface area (Å²) >= 11 is 0. The van der Waals surface area contributed by atoms with Crippen LogP contribution in [0.1, 0.15) is 40.0 Å². The monoisotopic (exact) mass is 198 g/mol. The molecule has 2 nitrogen and oxygen atoms in total. The van der Waals surface area contributed by atoms with E-state index in [0.717, 1.165) is 18.4 Å². The van der Waals surface area contributed by atoms with Crippen molar-refractivity contribution in [2.24, 2.45) is 17.6 Å². The molecule has 0 amide bonds. The summed E-state index contributed by atoms with van der Waals surface area (Å²) < 4.78 is 0. The molecule has 0 bridgehead atoms. The summed E-state index contributed by atoms with van der Waals surface area (Å²) in [5.41, 5.74) is 5.82. The van der Waals surface area contributed by atoms with Crippen molar-refractivity contribution >= 4 is 0 Å². The SMILES string of the molecule is CC(C)CCN1CCC(C)CC1CN. The van der Waals surface area contributed by atoms with Gasteiger partial charge in [0.15, 0.2) is 0 Å². The molecule has 0 aromatic heterocycles. The van der Waals surface area contributed by atoms with Gasteiger partial charge in [-0.1, -0.05) is 20.8 Å². The molecule has 1 heterocycles. The van der Waals surface area contributed by atoms with E-state index in [-0.39, 0.29) is 0 Å². The Kier molecular flexibility index (Phi) is 4.90. The third-order valence-electron chi connectivity index (χ3n) is 3.37. The van der Waals surface area contributed by atoms with Gasteiger partial charge in [-0.25, -0.2) is 0 Å². The van der Waals surface area contributed by atoms with Crippen LogP contribution in [-0.2, 0) is 0 Å². The molecule has 0 saturated carbocycles. The van der Waals surface area contributed by atoms with Gasteiger partial charge in [-0.3, -0.25) is 4.90 Å². The zero-order chi connectivity index (χ0) is 10.6. The first-order valence-corrected chi connectivity index (χ1v) is 6.07. The second-order valence-corrected chi connectivity index (χ2v) is 5.24. The molecule has 0 spiro atoms. The molecule has 0 radical (unpaired) electrons. The normalized spacial score (nSPS) is 29.8. The first-order valence-electron chi connectivity index (χ1n) is 6.07. The van der Waals surface area contributed by atoms with Gasteiger partial charge in [0, 0.05) is 12.6 Å². The minimum atomic E-state index is 0.650. The molecule has 84 valence electrons. The predicted octanol–water partition coefficient (Wildman–Crippen LogP) is 2.09. The zero-order valence-electron chi connectivity index (χ0n) is 10.00. The molecule has 2 unspecified atom stereocenters. The smallest absolute Gasteiger partial charge is 0.0220 e. The molecule has 1 aliphatic heterocycles. The molecule has 1 fully saturated rings. The standard InChI is InChI=1S/C12H26N2/c1-10(2)4-6-14-7-5-11(3)8-12(14)9-13/h10-12H,4-9,13H2,1-3H3. The van der Waals surface area contributed by atoms with Crippen LogP contribution in [0.3, 0.4) is 0 Å². The third-order valence-corrected chi connectivity index (χ3v) is 3.37. The largest absolute Gasteiger partial charge is 0.329 e. The molecule has 14 heavy (non-hydrogen) atoms. The van der Waals surface area contributed by atoms with Crippen molar-refractivity contribution < 1.29 is 0 Å². The highest BCUT2D eigenvalue weighted by Crippen LogP contribution is 2.22. The third kappa shape index (κ3) is 3.58. The quantitative estimate of drug-likeness (QED) is 0.749. The Morgan fingerprint density at radius 1 is 1.43 bits per heavy atom. The molecule has 1 rings (SSSR count). The van der Waals surface area contributed by atoms with Gasteiger partial charge in [0.25, 0.3) is 0 Å². The second-order valence-electron chi connectivity index (χ2n) is 5.24. The fraction of sp³-hybridized carbons (Fsp3) is 1.00. The van der Waals surface area contributed by atoms with Crippen molar-refractivity contribution in [2.75, 3.05) is 19.6 Å². The van der Waals surface area contributed by atoms with Gasteiger partial charge < -0.3 is 5.73 Å². The van der Waals surface area contributed by atoms with E-state index in [1.807, 2.05) is 0 Å². The Labute approximate surface area is 88.8 Å². The van der Waals surface area contributed by atoms with Crippen molar-refractivity contribution in [3.05, 3.63) is 0 Å². The van der Waals surface area contributed by atoms with Gasteiger partial charge in [0.1, 0.15) is 0 Å². The lowest BCUT2D eigenvalue weighted by atomic mass is 9.92. The molecule has 2 atom stereocenters. The molecule has 0 aromatic carbocycles. The van der Waals surface area contributed by atoms with Crippen LogP contribution in [0.5, 0.6) is 0 Å². The van der Waals surface area contributed by atoms with Crippen molar-refractivity contribution in [2.45, 2.75) is 46.1 Å². The summed E-state index contributed by atoms with van der Waals surface area (Å²) in [6.45, 7) is 10.3. The maximum Gasteiger partial charge on any atom is 0.0220 e. The topological polar surface area (TPSA) is 29.3 Å². The number of rotatable bonds is 4. The molecular formula is C12H26N2. The Balaban J connectivity index is 2.34. The summed E-state index contributed by atoms with van der Waals surface area (Å²) in [5, 5.41) is 0. The average Bonchev–Trinajstić information content (AvgIpc) is 2.15. The van der Waals surface area contributed by atoms with E-state index in [1.54, 1.807) is 0 Å². The molecule has 0 aliphatic carbocycles. The zero-order valence-corrected chi connectivity index (χ0v) is 10.00. The molecule has 0 aromatic rings. The highest BCUT2D eigenvalue weighted by atomic mass is 15.2. The highest BCUT2D eigenvalue weighted by Gasteiger charge is 2.24. The number of hydrogen-bond donors (Lipinski definition) is 1. The van der Waals surface area contributed by atoms with Gasteiger partial charge in [0.05, 0.1) is 0 Å². The predicted molar refractivity (Wildman–Crippen MR) is 62.3 cm³/mol. The molecular weight excluding hydrogens is 172 g/mol. The number of nitrogens with two attached hydrogens (primary N) is 1. The molecule has 2 heteroatoms. The van der Waals surface area contributed by atoms with E-state index >= 15 is 0 Å². The first-order chi connectivity index (χ1) is 6.63. The summed E-state index contributed by atoms with van der Waals surface area (Å²) in [6.07, 6.45) is 3.97. The minimum absolute atomic E-state index is 0.650. The average molecular weight is 198 g/mol. The van der Waals surface area contributed by atoms with E-state index in [4.69, 9.17) is 5.73 Å². The van der Waals surface area contributed by atoms with Crippen molar-refractivity contribution in [1.29, 1.82) is 0 Å². The van der Waals surface area contributed by atoms with Crippen LogP contribution in [0, 0.1) is 11.8 Å². The van der Waals surface area contributed by atoms with E-state index in [1.165, 1.54) is 32.4 Å². The number of piperidine rings is 1. The second kappa shape index (κ2) is 5.72. The van der Waals surface area contributed by atoms with Gasteiger partial charge in [-0.2, -0.15) is 0 Å². The summed E-state index contributed by atoms with van der Waals surface area (Å²) in [5.74, 6) is 1.69. The first kappa shape index (κ1) is 12.0. The Morgan fingerprint density at radius 2 is 2.14 bits per heavy atom. The Morgan fingerprint density at radius 3 is 2.71 bits per heavy atom. The van der Waals surface area contributed by atoms with Crippen LogP contribution >= 0.6 is 0 Å². The summed E-state index contributed by atoms with van der Waals surface area (Å²) in [7, 11) is 0. The van der Waals surface area contributed by atoms with Crippen LogP contribution in [0.2, 0.25) is 0 Å². The van der Waals surface area contributed by atoms with Gasteiger partial charge in [0.2, 0.25) is 0 Å². The van der Waals surface area contributed by atoms with Crippen LogP contribution in [-0.4, -0.2) is 30.6 Å². The highest BCUT2D eigenvalue weighted by molar-refractivity contribution is 4.80. The van der Waals surface area contributed by atoms with E-state index < -0.39 is 0 Å². The van der Waals surface area contributed by atoms with Crippen molar-refractivity contribution in [3.63, 3.8) is 0 Å². The lowest BCUT2D eigenvalue weighted by Crippen LogP contribution is -2.46. The fourth-order valence-corrected chi connectivity index (χ4v) is 2.26. The van der Waals surface area contributed by atoms with E-state index in [2.05, 4.69) is 25.7 Å². The maximum absolute atomic E-state index is 5.82. The van der Waals surface area contributed by atoms with Gasteiger partial charge >= 0.3 is 0 Å². The fourth-order valence-electron chi connectivity index (χ4n) is 2.26. The lowest BCUT2D eigenvalue weighted by molar-refractivity contribution is 0.117. The van der Waals surface area contributed by atoms with Crippen molar-refractivity contribution in [3.8, 4) is 0 Å². The van der Waals surface area contributed by atoms with E-state index in [9.17, 15) is 0 Å². The molecule has 1 saturated heterocycles. The molecule has 2 N–H and O–H groups in total. The number of likely N-dealkylation sites (tertiary alicyclic amines) is 1. The summed E-state index contributed by atoms with van der Waals surface area (Å²) in [4.78, 5) is 2.60. The van der Waals surface area contributed by atoms with Crippen LogP contribution in [0.15, 0.2) is 0 Å². The van der Waals surface area contributed by atoms with E-state index in [0.29, 0.717) is 6.04 Å². The van der Waals surface area contributed by atoms with Crippen LogP contribution < -0.4 is 5.73 Å². The van der Waals surface area contributed by atoms with Gasteiger partial charge in [-0.15, -0.1) is 0 Å². The van der Waals surface area contributed by atoms with Crippen LogP contribution in [0.25, 0.3) is 0 Å². The lowest BCUT2D eigenvalue weighted by Gasteiger charge is -2.38. The molecule has 1 aliphatic rings. The maximum atomic E-state index is 5.82. The Bertz CT molecular complexity index is 156. The Hall–Kier alpha value is -0.0800.